The quantitative estimate of drug-likeness (QED) is 0.673. The lowest BCUT2D eigenvalue weighted by Gasteiger charge is -2.37. The Balaban J connectivity index is 1.69. The average Bonchev–Trinajstić information content (AvgIpc) is 2.69. The van der Waals surface area contributed by atoms with Crippen LogP contribution in [0, 0.1) is 5.92 Å². The Bertz CT molecular complexity index is 793. The number of allylic oxidation sites excluding steroid dienone is 2. The summed E-state index contributed by atoms with van der Waals surface area (Å²) in [6, 6.07) is 11.0. The molecular weight excluding hydrogens is 358 g/mol. The second-order valence-corrected chi connectivity index (χ2v) is 6.84. The van der Waals surface area contributed by atoms with Gasteiger partial charge in [-0.15, -0.1) is 0 Å². The van der Waals surface area contributed by atoms with E-state index in [1.165, 1.54) is 0 Å². The fourth-order valence-electron chi connectivity index (χ4n) is 3.29. The third-order valence-electron chi connectivity index (χ3n) is 4.72. The zero-order valence-corrected chi connectivity index (χ0v) is 15.6. The Kier molecular flexibility index (Phi) is 7.17. The minimum atomic E-state index is -0.806. The number of rotatable bonds is 8. The summed E-state index contributed by atoms with van der Waals surface area (Å²) in [6.07, 6.45) is 8.51. The highest BCUT2D eigenvalue weighted by Crippen LogP contribution is 2.39. The molecule has 2 heterocycles. The van der Waals surface area contributed by atoms with Gasteiger partial charge in [0.25, 0.3) is 0 Å². The molecule has 148 valence electrons. The van der Waals surface area contributed by atoms with E-state index in [1.54, 1.807) is 24.5 Å². The van der Waals surface area contributed by atoms with Gasteiger partial charge in [-0.2, -0.15) is 0 Å². The Labute approximate surface area is 164 Å². The molecule has 2 N–H and O–H groups in total. The van der Waals surface area contributed by atoms with Crippen molar-refractivity contribution in [3.05, 3.63) is 72.1 Å². The maximum Gasteiger partial charge on any atom is 0.303 e. The number of hydrogen-bond acceptors (Lipinski definition) is 5. The average molecular weight is 383 g/mol. The topological polar surface area (TPSA) is 88.9 Å². The number of pyridine rings is 1. The number of ether oxygens (including phenoxy) is 2. The molecule has 0 radical (unpaired) electrons. The first-order valence-corrected chi connectivity index (χ1v) is 9.44. The summed E-state index contributed by atoms with van der Waals surface area (Å²) < 4.78 is 12.1. The van der Waals surface area contributed by atoms with Crippen LogP contribution in [0.3, 0.4) is 0 Å². The number of nitrogens with zero attached hydrogens (tertiary/aromatic N) is 1. The SMILES string of the molecule is O=C(O)CC/C=C/C[C@@H]1CO[C@H](Cc2cccnc2)O[C@@H]1c1ccccc1O. The zero-order valence-electron chi connectivity index (χ0n) is 15.6. The second-order valence-electron chi connectivity index (χ2n) is 6.84. The van der Waals surface area contributed by atoms with Crippen LogP contribution in [-0.4, -0.2) is 34.1 Å². The Morgan fingerprint density at radius 3 is 2.82 bits per heavy atom. The minimum absolute atomic E-state index is 0.0273. The Hall–Kier alpha value is -2.70. The molecule has 6 heteroatoms. The van der Waals surface area contributed by atoms with Crippen molar-refractivity contribution in [3.8, 4) is 5.75 Å². The molecule has 0 amide bonds. The highest BCUT2D eigenvalue weighted by Gasteiger charge is 2.33. The van der Waals surface area contributed by atoms with E-state index in [2.05, 4.69) is 4.98 Å². The summed E-state index contributed by atoms with van der Waals surface area (Å²) in [6.45, 7) is 0.493. The molecule has 3 rings (SSSR count). The smallest absolute Gasteiger partial charge is 0.303 e. The highest BCUT2D eigenvalue weighted by atomic mass is 16.7. The van der Waals surface area contributed by atoms with Gasteiger partial charge >= 0.3 is 5.97 Å². The van der Waals surface area contributed by atoms with Crippen molar-refractivity contribution >= 4 is 5.97 Å². The maximum absolute atomic E-state index is 10.6. The lowest BCUT2D eigenvalue weighted by molar-refractivity contribution is -0.238. The monoisotopic (exact) mass is 383 g/mol. The molecule has 1 aromatic carbocycles. The van der Waals surface area contributed by atoms with Crippen LogP contribution in [0.5, 0.6) is 5.75 Å². The number of carbonyl (C=O) groups is 1. The van der Waals surface area contributed by atoms with E-state index in [0.29, 0.717) is 25.9 Å². The largest absolute Gasteiger partial charge is 0.508 e. The van der Waals surface area contributed by atoms with Crippen molar-refractivity contribution in [2.75, 3.05) is 6.61 Å². The first kappa shape index (κ1) is 20.0. The number of aromatic nitrogens is 1. The van der Waals surface area contributed by atoms with Crippen LogP contribution in [0.15, 0.2) is 60.9 Å². The van der Waals surface area contributed by atoms with Crippen LogP contribution in [0.25, 0.3) is 0 Å². The van der Waals surface area contributed by atoms with Crippen molar-refractivity contribution in [3.63, 3.8) is 0 Å². The lowest BCUT2D eigenvalue weighted by Crippen LogP contribution is -2.36. The molecule has 28 heavy (non-hydrogen) atoms. The number of carboxylic acid groups (broad SMARTS) is 1. The Morgan fingerprint density at radius 1 is 1.21 bits per heavy atom. The number of aliphatic carboxylic acids is 1. The predicted octanol–water partition coefficient (Wildman–Crippen LogP) is 3.87. The molecule has 2 aromatic rings. The number of para-hydroxylation sites is 1. The van der Waals surface area contributed by atoms with E-state index >= 15 is 0 Å². The summed E-state index contributed by atoms with van der Waals surface area (Å²) >= 11 is 0. The van der Waals surface area contributed by atoms with Crippen molar-refractivity contribution in [2.24, 2.45) is 5.92 Å². The third kappa shape index (κ3) is 5.65. The number of aromatic hydroxyl groups is 1. The van der Waals surface area contributed by atoms with E-state index in [4.69, 9.17) is 14.6 Å². The lowest BCUT2D eigenvalue weighted by atomic mass is 9.91. The summed E-state index contributed by atoms with van der Waals surface area (Å²) in [4.78, 5) is 14.7. The Morgan fingerprint density at radius 2 is 2.07 bits per heavy atom. The first-order chi connectivity index (χ1) is 13.6. The van der Waals surface area contributed by atoms with E-state index < -0.39 is 12.3 Å². The van der Waals surface area contributed by atoms with Gasteiger partial charge in [-0.1, -0.05) is 36.4 Å². The maximum atomic E-state index is 10.6. The number of phenols is 1. The third-order valence-corrected chi connectivity index (χ3v) is 4.72. The van der Waals surface area contributed by atoms with Gasteiger partial charge in [-0.05, 0) is 30.5 Å². The standard InChI is InChI=1S/C22H25NO5/c24-19-10-5-4-9-18(19)22-17(8-2-1-3-11-20(25)26)15-27-21(28-22)13-16-7-6-12-23-14-16/h1-2,4-7,9-10,12,14,17,21-22,24H,3,8,11,13,15H2,(H,25,26)/b2-1+/t17-,21+,22+/m1/s1. The summed E-state index contributed by atoms with van der Waals surface area (Å²) in [5.41, 5.74) is 1.77. The van der Waals surface area contributed by atoms with Crippen molar-refractivity contribution < 1.29 is 24.5 Å². The molecule has 1 aliphatic heterocycles. The van der Waals surface area contributed by atoms with E-state index in [9.17, 15) is 9.90 Å². The number of hydrogen-bond donors (Lipinski definition) is 2. The molecule has 6 nitrogen and oxygen atoms in total. The highest BCUT2D eigenvalue weighted by molar-refractivity contribution is 5.66. The van der Waals surface area contributed by atoms with Gasteiger partial charge in [-0.25, -0.2) is 0 Å². The summed E-state index contributed by atoms with van der Waals surface area (Å²) in [7, 11) is 0. The van der Waals surface area contributed by atoms with Crippen LogP contribution in [0.4, 0.5) is 0 Å². The number of phenolic OH excluding ortho intramolecular Hbond substituents is 1. The molecule has 1 aliphatic rings. The molecule has 1 saturated heterocycles. The van der Waals surface area contributed by atoms with Crippen LogP contribution < -0.4 is 0 Å². The van der Waals surface area contributed by atoms with Crippen LogP contribution in [-0.2, 0) is 20.7 Å². The van der Waals surface area contributed by atoms with Gasteiger partial charge in [0.05, 0.1) is 12.7 Å². The second kappa shape index (κ2) is 10.0. The van der Waals surface area contributed by atoms with E-state index in [1.807, 2.05) is 36.4 Å². The van der Waals surface area contributed by atoms with Crippen molar-refractivity contribution in [1.29, 1.82) is 0 Å². The van der Waals surface area contributed by atoms with Crippen molar-refractivity contribution in [2.45, 2.75) is 38.1 Å². The van der Waals surface area contributed by atoms with Gasteiger partial charge in [0, 0.05) is 36.7 Å². The van der Waals surface area contributed by atoms with Crippen LogP contribution in [0.1, 0.15) is 36.5 Å². The molecule has 0 saturated carbocycles. The predicted molar refractivity (Wildman–Crippen MR) is 104 cm³/mol. The minimum Gasteiger partial charge on any atom is -0.508 e. The number of benzene rings is 1. The van der Waals surface area contributed by atoms with Gasteiger partial charge in [0.15, 0.2) is 6.29 Å². The zero-order chi connectivity index (χ0) is 19.8. The normalized spacial score (nSPS) is 22.4. The molecule has 0 aliphatic carbocycles. The van der Waals surface area contributed by atoms with Gasteiger partial charge in [-0.3, -0.25) is 9.78 Å². The van der Waals surface area contributed by atoms with Crippen LogP contribution >= 0.6 is 0 Å². The molecule has 0 spiro atoms. The molecule has 1 fully saturated rings. The molecule has 1 aromatic heterocycles. The molecular formula is C22H25NO5. The van der Waals surface area contributed by atoms with E-state index in [-0.39, 0.29) is 24.2 Å². The van der Waals surface area contributed by atoms with E-state index in [0.717, 1.165) is 11.1 Å². The fraction of sp³-hybridized carbons (Fsp3) is 0.364. The molecule has 0 bridgehead atoms. The first-order valence-electron chi connectivity index (χ1n) is 9.44. The molecule has 3 atom stereocenters. The molecule has 0 unspecified atom stereocenters. The van der Waals surface area contributed by atoms with Gasteiger partial charge in [0.1, 0.15) is 5.75 Å². The van der Waals surface area contributed by atoms with Crippen molar-refractivity contribution in [1.82, 2.24) is 4.98 Å². The van der Waals surface area contributed by atoms with Crippen LogP contribution in [0.2, 0.25) is 0 Å². The summed E-state index contributed by atoms with van der Waals surface area (Å²) in [5, 5.41) is 19.0. The van der Waals surface area contributed by atoms with Gasteiger partial charge in [0.2, 0.25) is 0 Å². The number of carboxylic acids is 1. The van der Waals surface area contributed by atoms with Gasteiger partial charge < -0.3 is 19.7 Å². The fourth-order valence-corrected chi connectivity index (χ4v) is 3.29. The summed E-state index contributed by atoms with van der Waals surface area (Å²) in [5.74, 6) is -0.576.